The van der Waals surface area contributed by atoms with Gasteiger partial charge in [-0.3, -0.25) is 0 Å². The lowest BCUT2D eigenvalue weighted by Gasteiger charge is -2.57. The first-order valence-electron chi connectivity index (χ1n) is 8.86. The molecule has 4 saturated carbocycles. The third-order valence-corrected chi connectivity index (χ3v) is 6.70. The summed E-state index contributed by atoms with van der Waals surface area (Å²) >= 11 is 11.4. The highest BCUT2D eigenvalue weighted by molar-refractivity contribution is 7.80. The summed E-state index contributed by atoms with van der Waals surface area (Å²) in [6.45, 7) is 1.81. The molecule has 23 heavy (non-hydrogen) atoms. The lowest BCUT2D eigenvalue weighted by Crippen LogP contribution is -2.52. The van der Waals surface area contributed by atoms with Gasteiger partial charge in [0.15, 0.2) is 5.11 Å². The Balaban J connectivity index is 1.27. The van der Waals surface area contributed by atoms with E-state index in [9.17, 15) is 0 Å². The number of benzene rings is 1. The molecule has 4 aliphatic rings. The van der Waals surface area contributed by atoms with Crippen LogP contribution in [0.1, 0.15) is 44.1 Å². The van der Waals surface area contributed by atoms with Crippen molar-refractivity contribution >= 4 is 28.9 Å². The van der Waals surface area contributed by atoms with Crippen molar-refractivity contribution in [3.63, 3.8) is 0 Å². The molecular formula is C19H25ClN2S. The molecule has 0 spiro atoms. The second-order valence-electron chi connectivity index (χ2n) is 8.08. The average Bonchev–Trinajstić information content (AvgIpc) is 2.51. The van der Waals surface area contributed by atoms with Crippen molar-refractivity contribution in [2.75, 3.05) is 6.54 Å². The number of hydrogen-bond donors (Lipinski definition) is 2. The van der Waals surface area contributed by atoms with Crippen LogP contribution >= 0.6 is 23.8 Å². The maximum Gasteiger partial charge on any atom is 0.166 e. The first-order valence-corrected chi connectivity index (χ1v) is 9.65. The first-order chi connectivity index (χ1) is 11.1. The van der Waals surface area contributed by atoms with Gasteiger partial charge < -0.3 is 10.6 Å². The Morgan fingerprint density at radius 3 is 2.13 bits per heavy atom. The Morgan fingerprint density at radius 2 is 1.57 bits per heavy atom. The summed E-state index contributed by atoms with van der Waals surface area (Å²) in [5, 5.41) is 8.41. The van der Waals surface area contributed by atoms with E-state index in [1.54, 1.807) is 0 Å². The van der Waals surface area contributed by atoms with Gasteiger partial charge in [0.25, 0.3) is 0 Å². The smallest absolute Gasteiger partial charge is 0.166 e. The molecular weight excluding hydrogens is 324 g/mol. The molecule has 2 nitrogen and oxygen atoms in total. The van der Waals surface area contributed by atoms with Crippen molar-refractivity contribution in [2.24, 2.45) is 23.2 Å². The molecule has 1 aromatic rings. The van der Waals surface area contributed by atoms with E-state index in [4.69, 9.17) is 23.8 Å². The molecule has 0 heterocycles. The van der Waals surface area contributed by atoms with Crippen molar-refractivity contribution < 1.29 is 0 Å². The Morgan fingerprint density at radius 1 is 1.00 bits per heavy atom. The summed E-state index contributed by atoms with van der Waals surface area (Å²) in [5.41, 5.74) is 1.73. The van der Waals surface area contributed by atoms with Gasteiger partial charge in [0.1, 0.15) is 0 Å². The SMILES string of the molecule is S=C(NCc1ccc(Cl)cc1)NCC12CC3CC(CC(C3)C1)C2. The fraction of sp³-hybridized carbons (Fsp3) is 0.632. The molecule has 4 fully saturated rings. The van der Waals surface area contributed by atoms with Crippen LogP contribution in [0.25, 0.3) is 0 Å². The Kier molecular flexibility index (Phi) is 4.27. The number of thiocarbonyl (C=S) groups is 1. The Labute approximate surface area is 149 Å². The van der Waals surface area contributed by atoms with Crippen molar-refractivity contribution in [3.8, 4) is 0 Å². The summed E-state index contributed by atoms with van der Waals surface area (Å²) in [5.74, 6) is 3.00. The minimum absolute atomic E-state index is 0.529. The minimum atomic E-state index is 0.529. The quantitative estimate of drug-likeness (QED) is 0.782. The van der Waals surface area contributed by atoms with E-state index in [-0.39, 0.29) is 0 Å². The maximum absolute atomic E-state index is 5.92. The molecule has 0 saturated heterocycles. The number of hydrogen-bond acceptors (Lipinski definition) is 1. The lowest BCUT2D eigenvalue weighted by molar-refractivity contribution is -0.0491. The van der Waals surface area contributed by atoms with E-state index in [0.717, 1.165) is 41.0 Å². The second-order valence-corrected chi connectivity index (χ2v) is 8.92. The topological polar surface area (TPSA) is 24.1 Å². The summed E-state index contributed by atoms with van der Waals surface area (Å²) in [6.07, 6.45) is 8.76. The lowest BCUT2D eigenvalue weighted by atomic mass is 9.49. The van der Waals surface area contributed by atoms with E-state index in [2.05, 4.69) is 10.6 Å². The van der Waals surface area contributed by atoms with Gasteiger partial charge in [0, 0.05) is 18.1 Å². The largest absolute Gasteiger partial charge is 0.362 e. The third-order valence-electron chi connectivity index (χ3n) is 6.16. The van der Waals surface area contributed by atoms with E-state index in [1.165, 1.54) is 44.1 Å². The van der Waals surface area contributed by atoms with Crippen LogP contribution in [0.5, 0.6) is 0 Å². The molecule has 0 radical (unpaired) electrons. The average molecular weight is 349 g/mol. The van der Waals surface area contributed by atoms with Gasteiger partial charge in [-0.2, -0.15) is 0 Å². The summed E-state index contributed by atoms with van der Waals surface area (Å²) in [4.78, 5) is 0. The van der Waals surface area contributed by atoms with Crippen LogP contribution in [0.2, 0.25) is 5.02 Å². The van der Waals surface area contributed by atoms with Crippen LogP contribution in [0, 0.1) is 23.2 Å². The van der Waals surface area contributed by atoms with Crippen LogP contribution in [-0.2, 0) is 6.54 Å². The number of nitrogens with one attached hydrogen (secondary N) is 2. The first kappa shape index (κ1) is 15.7. The third kappa shape index (κ3) is 3.51. The van der Waals surface area contributed by atoms with Crippen molar-refractivity contribution in [2.45, 2.75) is 45.1 Å². The molecule has 4 aliphatic carbocycles. The van der Waals surface area contributed by atoms with Crippen LogP contribution < -0.4 is 10.6 Å². The zero-order valence-corrected chi connectivity index (χ0v) is 15.1. The van der Waals surface area contributed by atoms with Gasteiger partial charge in [-0.15, -0.1) is 0 Å². The minimum Gasteiger partial charge on any atom is -0.362 e. The predicted molar refractivity (Wildman–Crippen MR) is 99.5 cm³/mol. The van der Waals surface area contributed by atoms with Crippen molar-refractivity contribution in [1.29, 1.82) is 0 Å². The summed E-state index contributed by atoms with van der Waals surface area (Å²) in [6, 6.07) is 7.92. The van der Waals surface area contributed by atoms with Gasteiger partial charge in [0.05, 0.1) is 0 Å². The van der Waals surface area contributed by atoms with E-state index < -0.39 is 0 Å². The fourth-order valence-electron chi connectivity index (χ4n) is 5.62. The molecule has 2 N–H and O–H groups in total. The van der Waals surface area contributed by atoms with Crippen molar-refractivity contribution in [3.05, 3.63) is 34.9 Å². The van der Waals surface area contributed by atoms with Gasteiger partial charge >= 0.3 is 0 Å². The Hall–Kier alpha value is -0.800. The molecule has 0 unspecified atom stereocenters. The molecule has 124 valence electrons. The molecule has 4 bridgehead atoms. The normalized spacial score (nSPS) is 34.4. The maximum atomic E-state index is 5.92. The molecule has 4 heteroatoms. The van der Waals surface area contributed by atoms with Gasteiger partial charge in [-0.25, -0.2) is 0 Å². The standard InChI is InChI=1S/C19H25ClN2S/c20-17-3-1-13(2-4-17)11-21-18(23)22-12-19-8-14-5-15(9-19)7-16(6-14)10-19/h1-4,14-16H,5-12H2,(H2,21,22,23). The van der Waals surface area contributed by atoms with E-state index in [0.29, 0.717) is 5.41 Å². The van der Waals surface area contributed by atoms with Gasteiger partial charge in [-0.05, 0) is 91.6 Å². The zero-order chi connectivity index (χ0) is 15.9. The van der Waals surface area contributed by atoms with E-state index in [1.807, 2.05) is 24.3 Å². The van der Waals surface area contributed by atoms with Crippen LogP contribution in [0.4, 0.5) is 0 Å². The summed E-state index contributed by atoms with van der Waals surface area (Å²) < 4.78 is 0. The van der Waals surface area contributed by atoms with Crippen LogP contribution in [0.15, 0.2) is 24.3 Å². The number of halogens is 1. The highest BCUT2D eigenvalue weighted by Crippen LogP contribution is 2.59. The molecule has 1 aromatic carbocycles. The summed E-state index contributed by atoms with van der Waals surface area (Å²) in [7, 11) is 0. The molecule has 0 atom stereocenters. The molecule has 0 aromatic heterocycles. The monoisotopic (exact) mass is 348 g/mol. The van der Waals surface area contributed by atoms with Gasteiger partial charge in [-0.1, -0.05) is 23.7 Å². The van der Waals surface area contributed by atoms with Crippen LogP contribution in [0.3, 0.4) is 0 Å². The molecule has 0 amide bonds. The second kappa shape index (κ2) is 6.25. The van der Waals surface area contributed by atoms with Crippen molar-refractivity contribution in [1.82, 2.24) is 10.6 Å². The molecule has 0 aliphatic heterocycles. The Bertz CT molecular complexity index is 548. The zero-order valence-electron chi connectivity index (χ0n) is 13.5. The molecule has 5 rings (SSSR count). The van der Waals surface area contributed by atoms with Gasteiger partial charge in [0.2, 0.25) is 0 Å². The predicted octanol–water partition coefficient (Wildman–Crippen LogP) is 4.52. The van der Waals surface area contributed by atoms with E-state index >= 15 is 0 Å². The highest BCUT2D eigenvalue weighted by atomic mass is 35.5. The fourth-order valence-corrected chi connectivity index (χ4v) is 5.89. The number of rotatable bonds is 4. The highest BCUT2D eigenvalue weighted by Gasteiger charge is 2.50. The van der Waals surface area contributed by atoms with Crippen LogP contribution in [-0.4, -0.2) is 11.7 Å².